The Morgan fingerprint density at radius 2 is 2.26 bits per heavy atom. The number of carbonyl (C=O) groups excluding carboxylic acids is 1. The van der Waals surface area contributed by atoms with Gasteiger partial charge in [-0.3, -0.25) is 5.32 Å². The van der Waals surface area contributed by atoms with Crippen molar-refractivity contribution in [2.24, 2.45) is 5.92 Å². The van der Waals surface area contributed by atoms with Gasteiger partial charge in [0.25, 0.3) is 0 Å². The van der Waals surface area contributed by atoms with Crippen LogP contribution in [0.1, 0.15) is 25.7 Å². The second kappa shape index (κ2) is 6.52. The Balaban J connectivity index is 1.85. The molecule has 0 radical (unpaired) electrons. The lowest BCUT2D eigenvalue weighted by Gasteiger charge is -2.31. The lowest BCUT2D eigenvalue weighted by atomic mass is 9.86. The molecule has 2 unspecified atom stereocenters. The molecule has 0 saturated heterocycles. The number of nitrogens with zero attached hydrogens (tertiary/aromatic N) is 2. The van der Waals surface area contributed by atoms with Crippen molar-refractivity contribution < 1.29 is 9.90 Å². The summed E-state index contributed by atoms with van der Waals surface area (Å²) in [5, 5.41) is 12.7. The van der Waals surface area contributed by atoms with E-state index in [1.54, 1.807) is 30.3 Å². The normalized spacial score (nSPS) is 22.8. The molecule has 1 heterocycles. The summed E-state index contributed by atoms with van der Waals surface area (Å²) in [4.78, 5) is 17.7. The number of aliphatic hydroxyl groups is 1. The average Bonchev–Trinajstić information content (AvgIpc) is 2.42. The third kappa shape index (κ3) is 3.92. The Labute approximate surface area is 113 Å². The highest BCUT2D eigenvalue weighted by Gasteiger charge is 2.25. The molecule has 1 aromatic heterocycles. The number of aromatic nitrogens is 1. The van der Waals surface area contributed by atoms with E-state index in [1.165, 1.54) is 0 Å². The Morgan fingerprint density at radius 3 is 2.95 bits per heavy atom. The highest BCUT2D eigenvalue weighted by Crippen LogP contribution is 2.24. The number of hydrogen-bond donors (Lipinski definition) is 2. The van der Waals surface area contributed by atoms with Gasteiger partial charge in [-0.2, -0.15) is 0 Å². The van der Waals surface area contributed by atoms with Crippen LogP contribution in [0.25, 0.3) is 0 Å². The molecule has 1 fully saturated rings. The molecule has 2 atom stereocenters. The van der Waals surface area contributed by atoms with Gasteiger partial charge in [0.05, 0.1) is 6.10 Å². The summed E-state index contributed by atoms with van der Waals surface area (Å²) < 4.78 is 0. The minimum atomic E-state index is -0.279. The summed E-state index contributed by atoms with van der Waals surface area (Å²) in [5.41, 5.74) is 0. The average molecular weight is 263 g/mol. The van der Waals surface area contributed by atoms with Crippen molar-refractivity contribution in [3.8, 4) is 0 Å². The molecule has 2 amide bonds. The quantitative estimate of drug-likeness (QED) is 0.877. The second-order valence-electron chi connectivity index (χ2n) is 5.14. The van der Waals surface area contributed by atoms with E-state index in [-0.39, 0.29) is 18.1 Å². The van der Waals surface area contributed by atoms with E-state index in [2.05, 4.69) is 10.3 Å². The maximum absolute atomic E-state index is 12.0. The van der Waals surface area contributed by atoms with E-state index in [1.807, 2.05) is 6.07 Å². The molecule has 1 aliphatic rings. The van der Waals surface area contributed by atoms with Gasteiger partial charge in [-0.05, 0) is 25.0 Å². The lowest BCUT2D eigenvalue weighted by Crippen LogP contribution is -2.40. The molecule has 19 heavy (non-hydrogen) atoms. The number of hydrogen-bond acceptors (Lipinski definition) is 3. The number of carbonyl (C=O) groups is 1. The van der Waals surface area contributed by atoms with Gasteiger partial charge in [0.1, 0.15) is 5.82 Å². The Bertz CT molecular complexity index is 410. The fraction of sp³-hybridized carbons (Fsp3) is 0.571. The number of rotatable bonds is 3. The van der Waals surface area contributed by atoms with E-state index >= 15 is 0 Å². The molecular formula is C14H21N3O2. The SMILES string of the molecule is CN(CC1CCCCC1O)C(=O)Nc1ccccn1. The van der Waals surface area contributed by atoms with Crippen LogP contribution in [0.3, 0.4) is 0 Å². The van der Waals surface area contributed by atoms with Gasteiger partial charge in [-0.1, -0.05) is 18.9 Å². The van der Waals surface area contributed by atoms with Gasteiger partial charge in [-0.15, -0.1) is 0 Å². The van der Waals surface area contributed by atoms with Gasteiger partial charge in [0.2, 0.25) is 0 Å². The summed E-state index contributed by atoms with van der Waals surface area (Å²) in [5.74, 6) is 0.733. The fourth-order valence-corrected chi connectivity index (χ4v) is 2.48. The monoisotopic (exact) mass is 263 g/mol. The topological polar surface area (TPSA) is 65.5 Å². The Kier molecular flexibility index (Phi) is 4.74. The lowest BCUT2D eigenvalue weighted by molar-refractivity contribution is 0.0575. The van der Waals surface area contributed by atoms with Crippen LogP contribution in [-0.2, 0) is 0 Å². The highest BCUT2D eigenvalue weighted by atomic mass is 16.3. The van der Waals surface area contributed by atoms with Crippen LogP contribution in [-0.4, -0.2) is 40.7 Å². The van der Waals surface area contributed by atoms with Gasteiger partial charge < -0.3 is 10.0 Å². The zero-order chi connectivity index (χ0) is 13.7. The predicted molar refractivity (Wildman–Crippen MR) is 73.9 cm³/mol. The van der Waals surface area contributed by atoms with Gasteiger partial charge >= 0.3 is 6.03 Å². The van der Waals surface area contributed by atoms with Crippen LogP contribution in [0, 0.1) is 5.92 Å². The molecule has 0 aromatic carbocycles. The summed E-state index contributed by atoms with van der Waals surface area (Å²) in [6.45, 7) is 0.583. The van der Waals surface area contributed by atoms with Crippen LogP contribution in [0.5, 0.6) is 0 Å². The molecule has 0 spiro atoms. The molecular weight excluding hydrogens is 242 g/mol. The van der Waals surface area contributed by atoms with Gasteiger partial charge in [0.15, 0.2) is 0 Å². The van der Waals surface area contributed by atoms with E-state index in [9.17, 15) is 9.90 Å². The van der Waals surface area contributed by atoms with Crippen LogP contribution >= 0.6 is 0 Å². The molecule has 1 aliphatic carbocycles. The van der Waals surface area contributed by atoms with E-state index in [0.717, 1.165) is 25.7 Å². The number of nitrogens with one attached hydrogen (secondary N) is 1. The standard InChI is InChI=1S/C14H21N3O2/c1-17(10-11-6-2-3-7-12(11)18)14(19)16-13-8-4-5-9-15-13/h4-5,8-9,11-12,18H,2-3,6-7,10H2,1H3,(H,15,16,19). The van der Waals surface area contributed by atoms with Crippen LogP contribution < -0.4 is 5.32 Å². The summed E-state index contributed by atoms with van der Waals surface area (Å²) in [7, 11) is 1.75. The third-order valence-corrected chi connectivity index (χ3v) is 3.62. The molecule has 2 N–H and O–H groups in total. The molecule has 1 aromatic rings. The molecule has 2 rings (SSSR count). The number of urea groups is 1. The largest absolute Gasteiger partial charge is 0.393 e. The van der Waals surface area contributed by atoms with Crippen LogP contribution in [0.4, 0.5) is 10.6 Å². The summed E-state index contributed by atoms with van der Waals surface area (Å²) in [6, 6.07) is 5.20. The van der Waals surface area contributed by atoms with Crippen molar-refractivity contribution in [2.75, 3.05) is 18.9 Å². The number of pyridine rings is 1. The van der Waals surface area contributed by atoms with E-state index in [0.29, 0.717) is 12.4 Å². The minimum Gasteiger partial charge on any atom is -0.393 e. The minimum absolute atomic E-state index is 0.184. The number of anilines is 1. The summed E-state index contributed by atoms with van der Waals surface area (Å²) >= 11 is 0. The first-order valence-corrected chi connectivity index (χ1v) is 6.78. The van der Waals surface area contributed by atoms with Crippen molar-refractivity contribution in [1.29, 1.82) is 0 Å². The number of aliphatic hydroxyl groups excluding tert-OH is 1. The van der Waals surface area contributed by atoms with Crippen LogP contribution in [0.2, 0.25) is 0 Å². The fourth-order valence-electron chi connectivity index (χ4n) is 2.48. The first-order valence-electron chi connectivity index (χ1n) is 6.78. The van der Waals surface area contributed by atoms with Crippen molar-refractivity contribution in [2.45, 2.75) is 31.8 Å². The van der Waals surface area contributed by atoms with Crippen LogP contribution in [0.15, 0.2) is 24.4 Å². The van der Waals surface area contributed by atoms with Crippen molar-refractivity contribution in [3.05, 3.63) is 24.4 Å². The number of amides is 2. The molecule has 5 nitrogen and oxygen atoms in total. The Morgan fingerprint density at radius 1 is 1.47 bits per heavy atom. The smallest absolute Gasteiger partial charge is 0.322 e. The first kappa shape index (κ1) is 13.8. The molecule has 104 valence electrons. The third-order valence-electron chi connectivity index (χ3n) is 3.62. The predicted octanol–water partition coefficient (Wildman–Crippen LogP) is 2.10. The van der Waals surface area contributed by atoms with Crippen molar-refractivity contribution >= 4 is 11.8 Å². The molecule has 0 aliphatic heterocycles. The maximum atomic E-state index is 12.0. The molecule has 1 saturated carbocycles. The zero-order valence-corrected chi connectivity index (χ0v) is 11.2. The molecule has 0 bridgehead atoms. The second-order valence-corrected chi connectivity index (χ2v) is 5.14. The highest BCUT2D eigenvalue weighted by molar-refractivity contribution is 5.88. The Hall–Kier alpha value is -1.62. The van der Waals surface area contributed by atoms with Crippen molar-refractivity contribution in [1.82, 2.24) is 9.88 Å². The zero-order valence-electron chi connectivity index (χ0n) is 11.2. The van der Waals surface area contributed by atoms with Gasteiger partial charge in [-0.25, -0.2) is 9.78 Å². The van der Waals surface area contributed by atoms with E-state index in [4.69, 9.17) is 0 Å². The van der Waals surface area contributed by atoms with Gasteiger partial charge in [0, 0.05) is 25.7 Å². The summed E-state index contributed by atoms with van der Waals surface area (Å²) in [6.07, 6.45) is 5.42. The molecule has 5 heteroatoms. The maximum Gasteiger partial charge on any atom is 0.322 e. The van der Waals surface area contributed by atoms with E-state index < -0.39 is 0 Å². The van der Waals surface area contributed by atoms with Crippen molar-refractivity contribution in [3.63, 3.8) is 0 Å². The first-order chi connectivity index (χ1) is 9.16.